The van der Waals surface area contributed by atoms with Crippen molar-refractivity contribution in [3.63, 3.8) is 0 Å². The van der Waals surface area contributed by atoms with Crippen molar-refractivity contribution in [2.45, 2.75) is 6.54 Å². The number of fused-ring (bicyclic) bond motifs is 1. The third-order valence-corrected chi connectivity index (χ3v) is 3.73. The lowest BCUT2D eigenvalue weighted by atomic mass is 10.2. The Hall–Kier alpha value is -3.22. The van der Waals surface area contributed by atoms with Gasteiger partial charge in [0.15, 0.2) is 0 Å². The molecule has 7 heteroatoms. The van der Waals surface area contributed by atoms with E-state index >= 15 is 0 Å². The molecule has 7 nitrogen and oxygen atoms in total. The van der Waals surface area contributed by atoms with E-state index in [0.29, 0.717) is 22.5 Å². The Kier molecular flexibility index (Phi) is 4.24. The maximum absolute atomic E-state index is 12.4. The van der Waals surface area contributed by atoms with E-state index < -0.39 is 0 Å². The van der Waals surface area contributed by atoms with Crippen LogP contribution < -0.4 is 15.2 Å². The summed E-state index contributed by atoms with van der Waals surface area (Å²) in [5.41, 5.74) is 0.983. The number of pyridine rings is 1. The molecule has 0 atom stereocenters. The van der Waals surface area contributed by atoms with Crippen molar-refractivity contribution in [1.29, 1.82) is 0 Å². The number of carbonyl (C=O) groups excluding carboxylic acids is 1. The number of carbonyl (C=O) groups is 1. The zero-order chi connectivity index (χ0) is 17.1. The van der Waals surface area contributed by atoms with Crippen molar-refractivity contribution >= 4 is 22.5 Å². The Labute approximate surface area is 138 Å². The number of anilines is 1. The SMILES string of the molecule is COc1ccc(N(C)C(=O)Cn2cnc3ccccc3c2=O)cn1. The first kappa shape index (κ1) is 15.7. The number of methoxy groups -OCH3 is 1. The molecule has 0 spiro atoms. The van der Waals surface area contributed by atoms with E-state index in [4.69, 9.17) is 4.74 Å². The Morgan fingerprint density at radius 1 is 1.21 bits per heavy atom. The molecule has 2 heterocycles. The van der Waals surface area contributed by atoms with E-state index in [1.807, 2.05) is 6.07 Å². The van der Waals surface area contributed by atoms with Gasteiger partial charge in [-0.3, -0.25) is 14.2 Å². The Bertz CT molecular complexity index is 934. The maximum Gasteiger partial charge on any atom is 0.261 e. The van der Waals surface area contributed by atoms with Crippen molar-refractivity contribution in [2.24, 2.45) is 0 Å². The van der Waals surface area contributed by atoms with Crippen molar-refractivity contribution in [2.75, 3.05) is 19.1 Å². The van der Waals surface area contributed by atoms with Gasteiger partial charge in [0.05, 0.1) is 36.2 Å². The molecule has 0 fully saturated rings. The summed E-state index contributed by atoms with van der Waals surface area (Å²) < 4.78 is 6.30. The molecule has 0 saturated carbocycles. The highest BCUT2D eigenvalue weighted by atomic mass is 16.5. The number of amides is 1. The fraction of sp³-hybridized carbons (Fsp3) is 0.176. The van der Waals surface area contributed by atoms with E-state index in [1.54, 1.807) is 37.4 Å². The molecule has 3 rings (SSSR count). The number of likely N-dealkylation sites (N-methyl/N-ethyl adjacent to an activating group) is 1. The van der Waals surface area contributed by atoms with Gasteiger partial charge in [-0.15, -0.1) is 0 Å². The summed E-state index contributed by atoms with van der Waals surface area (Å²) in [4.78, 5) is 34.6. The normalized spacial score (nSPS) is 10.6. The number of benzene rings is 1. The first-order valence-electron chi connectivity index (χ1n) is 7.31. The molecular formula is C17H16N4O3. The Morgan fingerprint density at radius 3 is 2.71 bits per heavy atom. The fourth-order valence-corrected chi connectivity index (χ4v) is 2.31. The molecule has 0 aliphatic heterocycles. The van der Waals surface area contributed by atoms with Crippen molar-refractivity contribution < 1.29 is 9.53 Å². The molecule has 3 aromatic rings. The van der Waals surface area contributed by atoms with E-state index in [1.165, 1.54) is 29.1 Å². The maximum atomic E-state index is 12.4. The third kappa shape index (κ3) is 2.96. The average molecular weight is 324 g/mol. The predicted molar refractivity (Wildman–Crippen MR) is 90.2 cm³/mol. The topological polar surface area (TPSA) is 77.3 Å². The minimum atomic E-state index is -0.249. The van der Waals surface area contributed by atoms with Gasteiger partial charge in [0.1, 0.15) is 6.54 Å². The largest absolute Gasteiger partial charge is 0.481 e. The van der Waals surface area contributed by atoms with Gasteiger partial charge in [-0.1, -0.05) is 12.1 Å². The molecule has 122 valence electrons. The second kappa shape index (κ2) is 6.49. The summed E-state index contributed by atoms with van der Waals surface area (Å²) in [6.07, 6.45) is 2.93. The van der Waals surface area contributed by atoms with Crippen LogP contribution in [0.4, 0.5) is 5.69 Å². The minimum Gasteiger partial charge on any atom is -0.481 e. The summed E-state index contributed by atoms with van der Waals surface area (Å²) in [7, 11) is 3.15. The van der Waals surface area contributed by atoms with Crippen LogP contribution in [0.2, 0.25) is 0 Å². The zero-order valence-corrected chi connectivity index (χ0v) is 13.3. The van der Waals surface area contributed by atoms with Crippen LogP contribution in [-0.2, 0) is 11.3 Å². The smallest absolute Gasteiger partial charge is 0.261 e. The molecule has 24 heavy (non-hydrogen) atoms. The first-order valence-corrected chi connectivity index (χ1v) is 7.31. The van der Waals surface area contributed by atoms with Gasteiger partial charge < -0.3 is 9.64 Å². The third-order valence-electron chi connectivity index (χ3n) is 3.73. The predicted octanol–water partition coefficient (Wildman–Crippen LogP) is 1.46. The number of rotatable bonds is 4. The van der Waals surface area contributed by atoms with Crippen LogP contribution in [0.5, 0.6) is 5.88 Å². The molecule has 0 N–H and O–H groups in total. The second-order valence-electron chi connectivity index (χ2n) is 5.21. The van der Waals surface area contributed by atoms with Gasteiger partial charge in [-0.05, 0) is 18.2 Å². The van der Waals surface area contributed by atoms with Crippen molar-refractivity contribution in [3.05, 3.63) is 59.3 Å². The number of hydrogen-bond acceptors (Lipinski definition) is 5. The standard InChI is InChI=1S/C17H16N4O3/c1-20(12-7-8-15(24-2)18-9-12)16(22)10-21-11-19-14-6-4-3-5-13(14)17(21)23/h3-9,11H,10H2,1-2H3. The van der Waals surface area contributed by atoms with Crippen molar-refractivity contribution in [1.82, 2.24) is 14.5 Å². The van der Waals surface area contributed by atoms with Crippen LogP contribution >= 0.6 is 0 Å². The number of nitrogens with zero attached hydrogens (tertiary/aromatic N) is 4. The second-order valence-corrected chi connectivity index (χ2v) is 5.21. The van der Waals surface area contributed by atoms with Crippen LogP contribution in [0.15, 0.2) is 53.7 Å². The molecule has 0 aliphatic carbocycles. The van der Waals surface area contributed by atoms with Gasteiger partial charge >= 0.3 is 0 Å². The molecule has 0 aliphatic rings. The van der Waals surface area contributed by atoms with Gasteiger partial charge in [0, 0.05) is 13.1 Å². The van der Waals surface area contributed by atoms with E-state index in [-0.39, 0.29) is 18.0 Å². The summed E-state index contributed by atoms with van der Waals surface area (Å²) >= 11 is 0. The van der Waals surface area contributed by atoms with Crippen molar-refractivity contribution in [3.8, 4) is 5.88 Å². The molecule has 1 aromatic carbocycles. The Balaban J connectivity index is 1.83. The monoisotopic (exact) mass is 324 g/mol. The molecule has 1 amide bonds. The van der Waals surface area contributed by atoms with Gasteiger partial charge in [0.25, 0.3) is 5.56 Å². The lowest BCUT2D eigenvalue weighted by Gasteiger charge is -2.17. The molecule has 0 radical (unpaired) electrons. The zero-order valence-electron chi connectivity index (χ0n) is 13.3. The van der Waals surface area contributed by atoms with Gasteiger partial charge in [-0.25, -0.2) is 9.97 Å². The molecule has 0 saturated heterocycles. The lowest BCUT2D eigenvalue weighted by molar-refractivity contribution is -0.118. The highest BCUT2D eigenvalue weighted by Gasteiger charge is 2.14. The molecule has 0 unspecified atom stereocenters. The molecular weight excluding hydrogens is 308 g/mol. The number of para-hydroxylation sites is 1. The lowest BCUT2D eigenvalue weighted by Crippen LogP contribution is -2.34. The van der Waals surface area contributed by atoms with Crippen LogP contribution in [-0.4, -0.2) is 34.6 Å². The Morgan fingerprint density at radius 2 is 2.00 bits per heavy atom. The molecule has 0 bridgehead atoms. The van der Waals surface area contributed by atoms with E-state index in [0.717, 1.165) is 0 Å². The number of hydrogen-bond donors (Lipinski definition) is 0. The quantitative estimate of drug-likeness (QED) is 0.726. The summed E-state index contributed by atoms with van der Waals surface area (Å²) in [5, 5.41) is 0.488. The highest BCUT2D eigenvalue weighted by Crippen LogP contribution is 2.15. The summed E-state index contributed by atoms with van der Waals surface area (Å²) in [6, 6.07) is 10.4. The first-order chi connectivity index (χ1) is 11.6. The van der Waals surface area contributed by atoms with Crippen LogP contribution in [0.1, 0.15) is 0 Å². The average Bonchev–Trinajstić information content (AvgIpc) is 2.63. The highest BCUT2D eigenvalue weighted by molar-refractivity contribution is 5.92. The minimum absolute atomic E-state index is 0.0980. The van der Waals surface area contributed by atoms with Crippen LogP contribution in [0.25, 0.3) is 10.9 Å². The van der Waals surface area contributed by atoms with Gasteiger partial charge in [0.2, 0.25) is 11.8 Å². The molecule has 2 aromatic heterocycles. The summed E-state index contributed by atoms with van der Waals surface area (Å²) in [6.45, 7) is -0.0980. The summed E-state index contributed by atoms with van der Waals surface area (Å²) in [5.74, 6) is 0.218. The fourth-order valence-electron chi connectivity index (χ4n) is 2.31. The number of ether oxygens (including phenoxy) is 1. The van der Waals surface area contributed by atoms with Crippen LogP contribution in [0.3, 0.4) is 0 Å². The van der Waals surface area contributed by atoms with E-state index in [9.17, 15) is 9.59 Å². The van der Waals surface area contributed by atoms with Gasteiger partial charge in [-0.2, -0.15) is 0 Å². The van der Waals surface area contributed by atoms with Crippen LogP contribution in [0, 0.1) is 0 Å². The van der Waals surface area contributed by atoms with E-state index in [2.05, 4.69) is 9.97 Å². The number of aromatic nitrogens is 3.